The van der Waals surface area contributed by atoms with Gasteiger partial charge in [-0.05, 0) is 44.4 Å². The highest BCUT2D eigenvalue weighted by molar-refractivity contribution is 5.50. The zero-order chi connectivity index (χ0) is 10.6. The van der Waals surface area contributed by atoms with Crippen molar-refractivity contribution in [1.29, 1.82) is 0 Å². The maximum atomic E-state index is 10.1. The first-order valence-electron chi connectivity index (χ1n) is 5.85. The van der Waals surface area contributed by atoms with Gasteiger partial charge in [0.1, 0.15) is 0 Å². The molecule has 1 aromatic rings. The Bertz CT molecular complexity index is 408. The van der Waals surface area contributed by atoms with E-state index in [2.05, 4.69) is 0 Å². The molecule has 1 fully saturated rings. The molecule has 0 radical (unpaired) electrons. The fourth-order valence-corrected chi connectivity index (χ4v) is 3.40. The number of fused-ring (bicyclic) bond motifs is 4. The second kappa shape index (κ2) is 2.94. The fourth-order valence-electron chi connectivity index (χ4n) is 3.40. The SMILES string of the molecule is CCn1c(O)c2c(c1O)C1CCC(C2)C1. The van der Waals surface area contributed by atoms with Crippen LogP contribution >= 0.6 is 0 Å². The van der Waals surface area contributed by atoms with E-state index in [0.29, 0.717) is 24.2 Å². The van der Waals surface area contributed by atoms with E-state index in [9.17, 15) is 10.2 Å². The molecule has 2 unspecified atom stereocenters. The summed E-state index contributed by atoms with van der Waals surface area (Å²) in [5, 5.41) is 20.1. The van der Waals surface area contributed by atoms with Gasteiger partial charge in [0, 0.05) is 17.7 Å². The topological polar surface area (TPSA) is 45.4 Å². The van der Waals surface area contributed by atoms with Crippen molar-refractivity contribution in [3.05, 3.63) is 11.1 Å². The summed E-state index contributed by atoms with van der Waals surface area (Å²) in [5.74, 6) is 1.86. The quantitative estimate of drug-likeness (QED) is 0.742. The standard InChI is InChI=1S/C12H17NO2/c1-2-13-11(14)9-6-7-3-4-8(5-7)10(9)12(13)15/h7-8,14-15H,2-6H2,1H3. The number of aromatic hydroxyl groups is 2. The van der Waals surface area contributed by atoms with Gasteiger partial charge in [0.2, 0.25) is 0 Å². The van der Waals surface area contributed by atoms with E-state index < -0.39 is 0 Å². The molecule has 82 valence electrons. The predicted octanol–water partition coefficient (Wildman–Crippen LogP) is 2.36. The second-order valence-electron chi connectivity index (χ2n) is 4.86. The summed E-state index contributed by atoms with van der Waals surface area (Å²) in [4.78, 5) is 0. The van der Waals surface area contributed by atoms with Crippen LogP contribution in [0, 0.1) is 5.92 Å². The Morgan fingerprint density at radius 3 is 2.80 bits per heavy atom. The molecule has 2 aliphatic carbocycles. The van der Waals surface area contributed by atoms with Crippen LogP contribution < -0.4 is 0 Å². The molecular weight excluding hydrogens is 190 g/mol. The minimum Gasteiger partial charge on any atom is -0.494 e. The molecule has 1 aromatic heterocycles. The van der Waals surface area contributed by atoms with Gasteiger partial charge in [-0.1, -0.05) is 0 Å². The highest BCUT2D eigenvalue weighted by Crippen LogP contribution is 2.52. The first-order chi connectivity index (χ1) is 7.22. The average molecular weight is 207 g/mol. The highest BCUT2D eigenvalue weighted by atomic mass is 16.3. The summed E-state index contributed by atoms with van der Waals surface area (Å²) in [5.41, 5.74) is 2.07. The van der Waals surface area contributed by atoms with Crippen molar-refractivity contribution >= 4 is 0 Å². The van der Waals surface area contributed by atoms with Crippen molar-refractivity contribution in [2.24, 2.45) is 5.92 Å². The highest BCUT2D eigenvalue weighted by Gasteiger charge is 2.38. The maximum absolute atomic E-state index is 10.1. The lowest BCUT2D eigenvalue weighted by molar-refractivity contribution is 0.369. The maximum Gasteiger partial charge on any atom is 0.197 e. The number of nitrogens with zero attached hydrogens (tertiary/aromatic N) is 1. The summed E-state index contributed by atoms with van der Waals surface area (Å²) < 4.78 is 1.63. The largest absolute Gasteiger partial charge is 0.494 e. The predicted molar refractivity (Wildman–Crippen MR) is 57.2 cm³/mol. The van der Waals surface area contributed by atoms with Crippen LogP contribution in [-0.4, -0.2) is 14.8 Å². The third-order valence-corrected chi connectivity index (χ3v) is 4.11. The van der Waals surface area contributed by atoms with Crippen LogP contribution in [0.1, 0.15) is 43.2 Å². The monoisotopic (exact) mass is 207 g/mol. The zero-order valence-corrected chi connectivity index (χ0v) is 9.03. The molecule has 2 atom stereocenters. The Kier molecular flexibility index (Phi) is 1.79. The Morgan fingerprint density at radius 1 is 1.27 bits per heavy atom. The molecule has 0 aromatic carbocycles. The number of hydrogen-bond donors (Lipinski definition) is 2. The van der Waals surface area contributed by atoms with E-state index in [-0.39, 0.29) is 0 Å². The van der Waals surface area contributed by atoms with E-state index >= 15 is 0 Å². The Labute approximate surface area is 89.3 Å². The minimum absolute atomic E-state index is 0.307. The third-order valence-electron chi connectivity index (χ3n) is 4.11. The molecule has 3 rings (SSSR count). The van der Waals surface area contributed by atoms with Crippen LogP contribution in [-0.2, 0) is 13.0 Å². The summed E-state index contributed by atoms with van der Waals surface area (Å²) in [6, 6.07) is 0. The Balaban J connectivity index is 2.19. The van der Waals surface area contributed by atoms with E-state index in [0.717, 1.165) is 23.5 Å². The first-order valence-corrected chi connectivity index (χ1v) is 5.85. The van der Waals surface area contributed by atoms with Gasteiger partial charge in [-0.15, -0.1) is 0 Å². The van der Waals surface area contributed by atoms with Crippen LogP contribution in [0.3, 0.4) is 0 Å². The van der Waals surface area contributed by atoms with Crippen molar-refractivity contribution in [1.82, 2.24) is 4.57 Å². The van der Waals surface area contributed by atoms with Crippen LogP contribution in [0.15, 0.2) is 0 Å². The van der Waals surface area contributed by atoms with E-state index in [1.165, 1.54) is 19.3 Å². The smallest absolute Gasteiger partial charge is 0.197 e. The van der Waals surface area contributed by atoms with Crippen molar-refractivity contribution in [2.45, 2.75) is 45.1 Å². The van der Waals surface area contributed by atoms with Gasteiger partial charge in [-0.3, -0.25) is 4.57 Å². The van der Waals surface area contributed by atoms with Crippen molar-refractivity contribution < 1.29 is 10.2 Å². The fraction of sp³-hybridized carbons (Fsp3) is 0.667. The summed E-state index contributed by atoms with van der Waals surface area (Å²) >= 11 is 0. The lowest BCUT2D eigenvalue weighted by Crippen LogP contribution is -2.08. The molecule has 0 amide bonds. The molecule has 15 heavy (non-hydrogen) atoms. The third kappa shape index (κ3) is 1.06. The van der Waals surface area contributed by atoms with Crippen molar-refractivity contribution in [3.8, 4) is 11.8 Å². The molecule has 0 spiro atoms. The molecule has 2 N–H and O–H groups in total. The van der Waals surface area contributed by atoms with Crippen molar-refractivity contribution in [3.63, 3.8) is 0 Å². The Morgan fingerprint density at radius 2 is 2.07 bits per heavy atom. The molecule has 2 bridgehead atoms. The van der Waals surface area contributed by atoms with Gasteiger partial charge in [-0.25, -0.2) is 0 Å². The number of hydrogen-bond acceptors (Lipinski definition) is 2. The minimum atomic E-state index is 0.307. The normalized spacial score (nSPS) is 28.1. The van der Waals surface area contributed by atoms with Crippen LogP contribution in [0.4, 0.5) is 0 Å². The number of aromatic nitrogens is 1. The van der Waals surface area contributed by atoms with E-state index in [4.69, 9.17) is 0 Å². The van der Waals surface area contributed by atoms with Crippen LogP contribution in [0.25, 0.3) is 0 Å². The van der Waals surface area contributed by atoms with Gasteiger partial charge in [0.25, 0.3) is 0 Å². The van der Waals surface area contributed by atoms with E-state index in [1.54, 1.807) is 4.57 Å². The van der Waals surface area contributed by atoms with Gasteiger partial charge in [0.15, 0.2) is 11.8 Å². The zero-order valence-electron chi connectivity index (χ0n) is 9.03. The van der Waals surface area contributed by atoms with Gasteiger partial charge < -0.3 is 10.2 Å². The first kappa shape index (κ1) is 9.13. The van der Waals surface area contributed by atoms with E-state index in [1.807, 2.05) is 6.92 Å². The van der Waals surface area contributed by atoms with Crippen molar-refractivity contribution in [2.75, 3.05) is 0 Å². The number of rotatable bonds is 1. The van der Waals surface area contributed by atoms with Gasteiger partial charge in [-0.2, -0.15) is 0 Å². The molecule has 1 heterocycles. The summed E-state index contributed by atoms with van der Waals surface area (Å²) in [7, 11) is 0. The lowest BCUT2D eigenvalue weighted by Gasteiger charge is -2.18. The van der Waals surface area contributed by atoms with Crippen LogP contribution in [0.2, 0.25) is 0 Å². The molecule has 2 aliphatic rings. The Hall–Kier alpha value is -1.12. The van der Waals surface area contributed by atoms with Gasteiger partial charge in [0.05, 0.1) is 0 Å². The summed E-state index contributed by atoms with van der Waals surface area (Å²) in [6.45, 7) is 2.59. The average Bonchev–Trinajstić information content (AvgIpc) is 2.70. The molecule has 3 heteroatoms. The van der Waals surface area contributed by atoms with Gasteiger partial charge >= 0.3 is 0 Å². The molecule has 1 saturated carbocycles. The lowest BCUT2D eigenvalue weighted by atomic mass is 9.85. The summed E-state index contributed by atoms with van der Waals surface area (Å²) in [6.07, 6.45) is 4.59. The molecule has 0 aliphatic heterocycles. The molecular formula is C12H17NO2. The second-order valence-corrected chi connectivity index (χ2v) is 4.86. The molecule has 3 nitrogen and oxygen atoms in total. The molecule has 0 saturated heterocycles. The van der Waals surface area contributed by atoms with Crippen LogP contribution in [0.5, 0.6) is 11.8 Å².